The molecular weight excluding hydrogens is 182 g/mol. The highest BCUT2D eigenvalue weighted by atomic mass is 16.4. The average molecular weight is 199 g/mol. The molecule has 2 saturated heterocycles. The Morgan fingerprint density at radius 1 is 1.29 bits per heavy atom. The van der Waals surface area contributed by atoms with Crippen LogP contribution in [0.15, 0.2) is 0 Å². The van der Waals surface area contributed by atoms with E-state index < -0.39 is 6.09 Å². The van der Waals surface area contributed by atoms with Crippen LogP contribution in [0.4, 0.5) is 4.79 Å². The minimum absolute atomic E-state index is 0.452. The largest absolute Gasteiger partial charge is 0.465 e. The molecule has 80 valence electrons. The Labute approximate surface area is 83.7 Å². The number of carbonyl (C=O) groups is 1. The van der Waals surface area contributed by atoms with E-state index in [9.17, 15) is 4.79 Å². The third-order valence-corrected chi connectivity index (χ3v) is 3.10. The molecule has 5 heteroatoms. The van der Waals surface area contributed by atoms with Gasteiger partial charge in [-0.2, -0.15) is 0 Å². The van der Waals surface area contributed by atoms with E-state index in [0.29, 0.717) is 19.1 Å². The zero-order chi connectivity index (χ0) is 9.97. The Morgan fingerprint density at radius 3 is 2.57 bits per heavy atom. The number of amides is 1. The van der Waals surface area contributed by atoms with E-state index in [1.54, 1.807) is 0 Å². The number of hydrogen-bond acceptors (Lipinski definition) is 3. The van der Waals surface area contributed by atoms with Gasteiger partial charge in [-0.05, 0) is 6.42 Å². The van der Waals surface area contributed by atoms with Crippen molar-refractivity contribution in [2.24, 2.45) is 0 Å². The van der Waals surface area contributed by atoms with Crippen molar-refractivity contribution < 1.29 is 9.90 Å². The lowest BCUT2D eigenvalue weighted by Crippen LogP contribution is -2.49. The first-order valence-corrected chi connectivity index (χ1v) is 5.20. The summed E-state index contributed by atoms with van der Waals surface area (Å²) in [6.07, 6.45) is 0.217. The Kier molecular flexibility index (Phi) is 2.88. The lowest BCUT2D eigenvalue weighted by atomic mass is 10.2. The summed E-state index contributed by atoms with van der Waals surface area (Å²) in [4.78, 5) is 14.6. The Morgan fingerprint density at radius 2 is 2.00 bits per heavy atom. The molecule has 5 nitrogen and oxygen atoms in total. The zero-order valence-electron chi connectivity index (χ0n) is 8.28. The van der Waals surface area contributed by atoms with Crippen molar-refractivity contribution in [3.8, 4) is 0 Å². The molecule has 0 unspecified atom stereocenters. The average Bonchev–Trinajstić information content (AvgIpc) is 2.68. The van der Waals surface area contributed by atoms with Crippen molar-refractivity contribution >= 4 is 6.09 Å². The quantitative estimate of drug-likeness (QED) is 0.606. The Hall–Kier alpha value is -0.810. The summed E-state index contributed by atoms with van der Waals surface area (Å²) < 4.78 is 0. The maximum absolute atomic E-state index is 10.7. The number of piperazine rings is 1. The molecule has 0 bridgehead atoms. The van der Waals surface area contributed by atoms with Crippen molar-refractivity contribution in [1.82, 2.24) is 15.1 Å². The number of likely N-dealkylation sites (tertiary alicyclic amines) is 1. The molecule has 14 heavy (non-hydrogen) atoms. The third kappa shape index (κ3) is 1.99. The van der Waals surface area contributed by atoms with Gasteiger partial charge in [-0.1, -0.05) is 0 Å². The van der Waals surface area contributed by atoms with Gasteiger partial charge in [0.1, 0.15) is 0 Å². The van der Waals surface area contributed by atoms with Crippen molar-refractivity contribution in [3.63, 3.8) is 0 Å². The van der Waals surface area contributed by atoms with Gasteiger partial charge in [0.2, 0.25) is 0 Å². The highest BCUT2D eigenvalue weighted by molar-refractivity contribution is 5.65. The van der Waals surface area contributed by atoms with E-state index in [4.69, 9.17) is 5.11 Å². The highest BCUT2D eigenvalue weighted by Crippen LogP contribution is 2.15. The van der Waals surface area contributed by atoms with Gasteiger partial charge in [-0.3, -0.25) is 4.90 Å². The van der Waals surface area contributed by atoms with Crippen LogP contribution in [-0.4, -0.2) is 66.3 Å². The van der Waals surface area contributed by atoms with Crippen LogP contribution in [0.1, 0.15) is 6.42 Å². The van der Waals surface area contributed by atoms with E-state index in [-0.39, 0.29) is 0 Å². The first kappa shape index (κ1) is 9.73. The number of rotatable bonds is 1. The smallest absolute Gasteiger partial charge is 0.407 e. The molecule has 1 amide bonds. The number of carboxylic acid groups (broad SMARTS) is 1. The van der Waals surface area contributed by atoms with Crippen molar-refractivity contribution in [2.75, 3.05) is 39.3 Å². The van der Waals surface area contributed by atoms with E-state index >= 15 is 0 Å². The Bertz CT molecular complexity index is 216. The number of hydrogen-bond donors (Lipinski definition) is 2. The lowest BCUT2D eigenvalue weighted by Gasteiger charge is -2.32. The molecule has 2 rings (SSSR count). The van der Waals surface area contributed by atoms with Crippen molar-refractivity contribution in [2.45, 2.75) is 12.5 Å². The maximum Gasteiger partial charge on any atom is 0.407 e. The fourth-order valence-corrected chi connectivity index (χ4v) is 2.26. The first-order chi connectivity index (χ1) is 6.77. The van der Waals surface area contributed by atoms with Crippen molar-refractivity contribution in [3.05, 3.63) is 0 Å². The van der Waals surface area contributed by atoms with E-state index in [2.05, 4.69) is 10.2 Å². The second-order valence-electron chi connectivity index (χ2n) is 3.96. The predicted molar refractivity (Wildman–Crippen MR) is 52.4 cm³/mol. The topological polar surface area (TPSA) is 55.8 Å². The molecule has 2 fully saturated rings. The molecule has 2 aliphatic heterocycles. The maximum atomic E-state index is 10.7. The number of nitrogens with one attached hydrogen (secondary N) is 1. The molecule has 0 aromatic heterocycles. The summed E-state index contributed by atoms with van der Waals surface area (Å²) in [5.74, 6) is 0. The molecule has 1 atom stereocenters. The fourth-order valence-electron chi connectivity index (χ4n) is 2.26. The van der Waals surface area contributed by atoms with Crippen LogP contribution in [-0.2, 0) is 0 Å². The summed E-state index contributed by atoms with van der Waals surface area (Å²) in [5, 5.41) is 12.1. The summed E-state index contributed by atoms with van der Waals surface area (Å²) in [6, 6.07) is 0.452. The monoisotopic (exact) mass is 199 g/mol. The summed E-state index contributed by atoms with van der Waals surface area (Å²) >= 11 is 0. The van der Waals surface area contributed by atoms with Crippen LogP contribution in [0.25, 0.3) is 0 Å². The summed E-state index contributed by atoms with van der Waals surface area (Å²) in [7, 11) is 0. The normalized spacial score (nSPS) is 29.4. The summed E-state index contributed by atoms with van der Waals surface area (Å²) in [5.41, 5.74) is 0. The van der Waals surface area contributed by atoms with E-state index in [1.165, 1.54) is 4.90 Å². The van der Waals surface area contributed by atoms with Crippen LogP contribution >= 0.6 is 0 Å². The molecule has 2 aliphatic rings. The van der Waals surface area contributed by atoms with Gasteiger partial charge in [-0.25, -0.2) is 4.79 Å². The van der Waals surface area contributed by atoms with Gasteiger partial charge in [0, 0.05) is 45.3 Å². The predicted octanol–water partition coefficient (Wildman–Crippen LogP) is -0.356. The molecule has 0 radical (unpaired) electrons. The third-order valence-electron chi connectivity index (χ3n) is 3.10. The minimum atomic E-state index is -0.775. The van der Waals surface area contributed by atoms with Gasteiger partial charge < -0.3 is 15.3 Å². The molecule has 0 spiro atoms. The molecule has 0 aromatic rings. The van der Waals surface area contributed by atoms with Gasteiger partial charge in [0.25, 0.3) is 0 Å². The Balaban J connectivity index is 1.85. The lowest BCUT2D eigenvalue weighted by molar-refractivity contribution is 0.142. The molecular formula is C9H17N3O2. The van der Waals surface area contributed by atoms with Gasteiger partial charge in [-0.15, -0.1) is 0 Å². The van der Waals surface area contributed by atoms with Crippen molar-refractivity contribution in [1.29, 1.82) is 0 Å². The molecule has 0 aromatic carbocycles. The second-order valence-corrected chi connectivity index (χ2v) is 3.96. The summed E-state index contributed by atoms with van der Waals surface area (Å²) in [6.45, 7) is 5.56. The van der Waals surface area contributed by atoms with Crippen LogP contribution in [0, 0.1) is 0 Å². The molecule has 0 saturated carbocycles. The van der Waals surface area contributed by atoms with Gasteiger partial charge >= 0.3 is 6.09 Å². The SMILES string of the molecule is O=C(O)N1CC[C@H](N2CCNCC2)C1. The minimum Gasteiger partial charge on any atom is -0.465 e. The molecule has 2 N–H and O–H groups in total. The number of nitrogens with zero attached hydrogens (tertiary/aromatic N) is 2. The second kappa shape index (κ2) is 4.14. The van der Waals surface area contributed by atoms with E-state index in [1.807, 2.05) is 0 Å². The van der Waals surface area contributed by atoms with Gasteiger partial charge in [0.05, 0.1) is 0 Å². The molecule has 2 heterocycles. The van der Waals surface area contributed by atoms with E-state index in [0.717, 1.165) is 32.6 Å². The zero-order valence-corrected chi connectivity index (χ0v) is 8.28. The first-order valence-electron chi connectivity index (χ1n) is 5.20. The van der Waals surface area contributed by atoms with Crippen LogP contribution in [0.5, 0.6) is 0 Å². The van der Waals surface area contributed by atoms with Crippen LogP contribution in [0.2, 0.25) is 0 Å². The standard InChI is InChI=1S/C9H17N3O2/c13-9(14)12-4-1-8(7-12)11-5-2-10-3-6-11/h8,10H,1-7H2,(H,13,14)/t8-/m0/s1. The van der Waals surface area contributed by atoms with Gasteiger partial charge in [0.15, 0.2) is 0 Å². The van der Waals surface area contributed by atoms with Crippen LogP contribution < -0.4 is 5.32 Å². The highest BCUT2D eigenvalue weighted by Gasteiger charge is 2.30. The fraction of sp³-hybridized carbons (Fsp3) is 0.889. The molecule has 0 aliphatic carbocycles. The van der Waals surface area contributed by atoms with Crippen LogP contribution in [0.3, 0.4) is 0 Å².